The van der Waals surface area contributed by atoms with E-state index in [9.17, 15) is 14.4 Å². The molecule has 1 aliphatic carbocycles. The zero-order chi connectivity index (χ0) is 27.9. The minimum absolute atomic E-state index is 0.0587. The SMILES string of the molecule is CCNC(=O)c1cc(C(=O)N[C@H]2CCCC[C@@H]2OCc2ccccc2)n(CC(=O)Nc2ccc3c(c2)OCO3)n1. The first kappa shape index (κ1) is 27.2. The smallest absolute Gasteiger partial charge is 0.271 e. The molecule has 1 aromatic heterocycles. The Bertz CT molecular complexity index is 1360. The van der Waals surface area contributed by atoms with Gasteiger partial charge in [0.05, 0.1) is 18.8 Å². The van der Waals surface area contributed by atoms with E-state index in [1.54, 1.807) is 25.1 Å². The highest BCUT2D eigenvalue weighted by molar-refractivity contribution is 5.99. The molecule has 40 heavy (non-hydrogen) atoms. The summed E-state index contributed by atoms with van der Waals surface area (Å²) >= 11 is 0. The number of carbonyl (C=O) groups excluding carboxylic acids is 3. The first-order chi connectivity index (χ1) is 19.5. The van der Waals surface area contributed by atoms with Gasteiger partial charge in [-0.05, 0) is 37.5 Å². The van der Waals surface area contributed by atoms with Gasteiger partial charge in [0.2, 0.25) is 12.7 Å². The molecule has 0 spiro atoms. The highest BCUT2D eigenvalue weighted by Crippen LogP contribution is 2.34. The Morgan fingerprint density at radius 1 is 1.00 bits per heavy atom. The van der Waals surface area contributed by atoms with Gasteiger partial charge < -0.3 is 30.2 Å². The number of fused-ring (bicyclic) bond motifs is 1. The number of aromatic nitrogens is 2. The van der Waals surface area contributed by atoms with Gasteiger partial charge in [-0.15, -0.1) is 0 Å². The molecule has 5 rings (SSSR count). The zero-order valence-corrected chi connectivity index (χ0v) is 22.4. The van der Waals surface area contributed by atoms with E-state index in [0.717, 1.165) is 31.2 Å². The number of ether oxygens (including phenoxy) is 3. The van der Waals surface area contributed by atoms with Crippen LogP contribution in [0.3, 0.4) is 0 Å². The van der Waals surface area contributed by atoms with Crippen molar-refractivity contribution >= 4 is 23.4 Å². The summed E-state index contributed by atoms with van der Waals surface area (Å²) < 4.78 is 18.1. The lowest BCUT2D eigenvalue weighted by atomic mass is 9.92. The van der Waals surface area contributed by atoms with E-state index in [2.05, 4.69) is 21.0 Å². The van der Waals surface area contributed by atoms with Crippen molar-refractivity contribution in [2.75, 3.05) is 18.7 Å². The predicted molar refractivity (Wildman–Crippen MR) is 146 cm³/mol. The maximum Gasteiger partial charge on any atom is 0.271 e. The molecule has 11 nitrogen and oxygen atoms in total. The third-order valence-corrected chi connectivity index (χ3v) is 6.86. The third kappa shape index (κ3) is 6.60. The standard InChI is InChI=1S/C29H33N5O6/c1-2-30-28(36)22-15-23(34(33-22)16-27(35)31-20-12-13-25-26(14-20)40-18-39-25)29(37)32-21-10-6-7-11-24(21)38-17-19-8-4-3-5-9-19/h3-5,8-9,12-15,21,24H,2,6-7,10-11,16-18H2,1H3,(H,30,36)(H,31,35)(H,32,37)/t21-,24-/m0/s1. The lowest BCUT2D eigenvalue weighted by Crippen LogP contribution is -2.46. The van der Waals surface area contributed by atoms with Gasteiger partial charge in [0.25, 0.3) is 11.8 Å². The summed E-state index contributed by atoms with van der Waals surface area (Å²) in [5.41, 5.74) is 1.76. The molecule has 2 aromatic carbocycles. The van der Waals surface area contributed by atoms with Crippen molar-refractivity contribution in [2.24, 2.45) is 0 Å². The zero-order valence-electron chi connectivity index (χ0n) is 22.4. The van der Waals surface area contributed by atoms with Gasteiger partial charge >= 0.3 is 0 Å². The molecule has 210 valence electrons. The molecular formula is C29H33N5O6. The Kier molecular flexibility index (Phi) is 8.60. The highest BCUT2D eigenvalue weighted by atomic mass is 16.7. The number of anilines is 1. The van der Waals surface area contributed by atoms with Crippen molar-refractivity contribution in [1.82, 2.24) is 20.4 Å². The van der Waals surface area contributed by atoms with Crippen molar-refractivity contribution in [3.63, 3.8) is 0 Å². The van der Waals surface area contributed by atoms with Crippen molar-refractivity contribution in [3.8, 4) is 11.5 Å². The molecule has 1 saturated carbocycles. The Balaban J connectivity index is 1.29. The Hall–Kier alpha value is -4.38. The average Bonchev–Trinajstić information content (AvgIpc) is 3.60. The molecule has 1 fully saturated rings. The van der Waals surface area contributed by atoms with Gasteiger partial charge in [-0.25, -0.2) is 4.68 Å². The van der Waals surface area contributed by atoms with Crippen LogP contribution in [0.1, 0.15) is 59.1 Å². The predicted octanol–water partition coefficient (Wildman–Crippen LogP) is 3.26. The van der Waals surface area contributed by atoms with Crippen LogP contribution in [0.2, 0.25) is 0 Å². The van der Waals surface area contributed by atoms with Crippen LogP contribution < -0.4 is 25.4 Å². The fourth-order valence-electron chi connectivity index (χ4n) is 4.87. The highest BCUT2D eigenvalue weighted by Gasteiger charge is 2.29. The van der Waals surface area contributed by atoms with Gasteiger partial charge in [-0.1, -0.05) is 43.2 Å². The Morgan fingerprint density at radius 3 is 2.62 bits per heavy atom. The van der Waals surface area contributed by atoms with Crippen molar-refractivity contribution in [1.29, 1.82) is 0 Å². The maximum atomic E-state index is 13.5. The Morgan fingerprint density at radius 2 is 1.80 bits per heavy atom. The average molecular weight is 548 g/mol. The van der Waals surface area contributed by atoms with E-state index >= 15 is 0 Å². The first-order valence-electron chi connectivity index (χ1n) is 13.5. The van der Waals surface area contributed by atoms with Crippen LogP contribution in [0.4, 0.5) is 5.69 Å². The monoisotopic (exact) mass is 547 g/mol. The normalized spacial score (nSPS) is 17.7. The fraction of sp³-hybridized carbons (Fsp3) is 0.379. The second-order valence-corrected chi connectivity index (χ2v) is 9.75. The number of nitrogens with zero attached hydrogens (tertiary/aromatic N) is 2. The number of amides is 3. The molecule has 2 heterocycles. The first-order valence-corrected chi connectivity index (χ1v) is 13.5. The number of hydrogen-bond donors (Lipinski definition) is 3. The minimum atomic E-state index is -0.423. The molecule has 1 aliphatic heterocycles. The molecular weight excluding hydrogens is 514 g/mol. The summed E-state index contributed by atoms with van der Waals surface area (Å²) in [6.45, 7) is 2.51. The third-order valence-electron chi connectivity index (χ3n) is 6.86. The summed E-state index contributed by atoms with van der Waals surface area (Å²) in [5, 5.41) is 12.8. The van der Waals surface area contributed by atoms with Crippen molar-refractivity contribution < 1.29 is 28.6 Å². The van der Waals surface area contributed by atoms with Crippen LogP contribution in [-0.2, 0) is 22.7 Å². The topological polar surface area (TPSA) is 133 Å². The van der Waals surface area contributed by atoms with Gasteiger partial charge in [0.1, 0.15) is 12.2 Å². The summed E-state index contributed by atoms with van der Waals surface area (Å²) in [6.07, 6.45) is 3.45. The molecule has 3 amide bonds. The van der Waals surface area contributed by atoms with Gasteiger partial charge in [-0.3, -0.25) is 14.4 Å². The van der Waals surface area contributed by atoms with Crippen LogP contribution >= 0.6 is 0 Å². The summed E-state index contributed by atoms with van der Waals surface area (Å²) in [4.78, 5) is 38.9. The largest absolute Gasteiger partial charge is 0.454 e. The second kappa shape index (κ2) is 12.6. The lowest BCUT2D eigenvalue weighted by molar-refractivity contribution is -0.116. The summed E-state index contributed by atoms with van der Waals surface area (Å²) in [7, 11) is 0. The van der Waals surface area contributed by atoms with E-state index in [4.69, 9.17) is 14.2 Å². The van der Waals surface area contributed by atoms with E-state index in [1.807, 2.05) is 30.3 Å². The van der Waals surface area contributed by atoms with Crippen molar-refractivity contribution in [3.05, 3.63) is 71.5 Å². The van der Waals surface area contributed by atoms with Gasteiger partial charge in [-0.2, -0.15) is 5.10 Å². The van der Waals surface area contributed by atoms with Gasteiger partial charge in [0, 0.05) is 24.4 Å². The Labute approximate surface area is 232 Å². The molecule has 11 heteroatoms. The van der Waals surface area contributed by atoms with Crippen LogP contribution in [0.5, 0.6) is 11.5 Å². The molecule has 3 N–H and O–H groups in total. The van der Waals surface area contributed by atoms with Crippen LogP contribution in [0.15, 0.2) is 54.6 Å². The molecule has 3 aromatic rings. The van der Waals surface area contributed by atoms with Crippen LogP contribution in [0, 0.1) is 0 Å². The molecule has 0 bridgehead atoms. The van der Waals surface area contributed by atoms with E-state index < -0.39 is 17.7 Å². The van der Waals surface area contributed by atoms with Crippen LogP contribution in [0.25, 0.3) is 0 Å². The number of rotatable bonds is 10. The number of hydrogen-bond acceptors (Lipinski definition) is 7. The lowest BCUT2D eigenvalue weighted by Gasteiger charge is -2.32. The molecule has 0 saturated heterocycles. The summed E-state index contributed by atoms with van der Waals surface area (Å²) in [5.74, 6) is -0.121. The quantitative estimate of drug-likeness (QED) is 0.355. The molecule has 2 atom stereocenters. The summed E-state index contributed by atoms with van der Waals surface area (Å²) in [6, 6.07) is 16.2. The second-order valence-electron chi connectivity index (χ2n) is 9.75. The fourth-order valence-corrected chi connectivity index (χ4v) is 4.87. The van der Waals surface area contributed by atoms with E-state index in [0.29, 0.717) is 30.3 Å². The van der Waals surface area contributed by atoms with E-state index in [-0.39, 0.29) is 36.9 Å². The number of benzene rings is 2. The minimum Gasteiger partial charge on any atom is -0.454 e. The molecule has 0 radical (unpaired) electrons. The van der Waals surface area contributed by atoms with E-state index in [1.165, 1.54) is 10.7 Å². The van der Waals surface area contributed by atoms with Gasteiger partial charge in [0.15, 0.2) is 17.2 Å². The maximum absolute atomic E-state index is 13.5. The number of nitrogens with one attached hydrogen (secondary N) is 3. The van der Waals surface area contributed by atoms with Crippen LogP contribution in [-0.4, -0.2) is 53.0 Å². The van der Waals surface area contributed by atoms with Crippen molar-refractivity contribution in [2.45, 2.75) is 57.9 Å². The molecule has 0 unspecified atom stereocenters. The molecule has 2 aliphatic rings. The number of carbonyl (C=O) groups is 3.